The van der Waals surface area contributed by atoms with Gasteiger partial charge in [-0.05, 0) is 34.7 Å². The zero-order valence-electron chi connectivity index (χ0n) is 14.3. The van der Waals surface area contributed by atoms with Crippen molar-refractivity contribution in [3.8, 4) is 0 Å². The van der Waals surface area contributed by atoms with Gasteiger partial charge in [-0.25, -0.2) is 0 Å². The SMILES string of the molecule is CC(C)c1[nH]nc(C(=O)N2CCN(C(=O)C(=O)NC3CC3)CC2)c1Br. The maximum absolute atomic E-state index is 12.7. The maximum atomic E-state index is 12.7. The third kappa shape index (κ3) is 3.86. The molecule has 1 saturated carbocycles. The van der Waals surface area contributed by atoms with Gasteiger partial charge >= 0.3 is 11.8 Å². The van der Waals surface area contributed by atoms with Crippen molar-refractivity contribution >= 4 is 33.7 Å². The second kappa shape index (κ2) is 7.15. The molecule has 1 saturated heterocycles. The van der Waals surface area contributed by atoms with Crippen molar-refractivity contribution in [3.05, 3.63) is 15.9 Å². The summed E-state index contributed by atoms with van der Waals surface area (Å²) >= 11 is 3.44. The van der Waals surface area contributed by atoms with E-state index in [1.54, 1.807) is 4.90 Å². The van der Waals surface area contributed by atoms with Gasteiger partial charge in [0.25, 0.3) is 5.91 Å². The predicted octanol–water partition coefficient (Wildman–Crippen LogP) is 0.859. The van der Waals surface area contributed by atoms with Crippen molar-refractivity contribution in [2.45, 2.75) is 38.6 Å². The van der Waals surface area contributed by atoms with E-state index in [0.717, 1.165) is 18.5 Å². The summed E-state index contributed by atoms with van der Waals surface area (Å²) in [6.07, 6.45) is 1.89. The molecule has 3 rings (SSSR count). The minimum absolute atomic E-state index is 0.159. The molecule has 25 heavy (non-hydrogen) atoms. The fourth-order valence-electron chi connectivity index (χ4n) is 2.75. The first-order valence-electron chi connectivity index (χ1n) is 8.51. The zero-order valence-corrected chi connectivity index (χ0v) is 15.9. The summed E-state index contributed by atoms with van der Waals surface area (Å²) in [7, 11) is 0. The number of amides is 3. The van der Waals surface area contributed by atoms with E-state index in [0.29, 0.717) is 36.3 Å². The van der Waals surface area contributed by atoms with Gasteiger partial charge in [0.15, 0.2) is 5.69 Å². The first kappa shape index (κ1) is 17.9. The standard InChI is InChI=1S/C16H22BrN5O3/c1-9(2)12-11(17)13(20-19-12)15(24)21-5-7-22(8-6-21)16(25)14(23)18-10-3-4-10/h9-10H,3-8H2,1-2H3,(H,18,23)(H,19,20). The van der Waals surface area contributed by atoms with Crippen molar-refractivity contribution in [1.82, 2.24) is 25.3 Å². The maximum Gasteiger partial charge on any atom is 0.312 e. The minimum atomic E-state index is -0.543. The highest BCUT2D eigenvalue weighted by molar-refractivity contribution is 9.10. The molecule has 2 N–H and O–H groups in total. The van der Waals surface area contributed by atoms with E-state index in [2.05, 4.69) is 31.4 Å². The van der Waals surface area contributed by atoms with Crippen molar-refractivity contribution in [3.63, 3.8) is 0 Å². The van der Waals surface area contributed by atoms with Gasteiger partial charge in [-0.3, -0.25) is 19.5 Å². The van der Waals surface area contributed by atoms with Crippen LogP contribution in [0.25, 0.3) is 0 Å². The van der Waals surface area contributed by atoms with Crippen LogP contribution in [0.5, 0.6) is 0 Å². The summed E-state index contributed by atoms with van der Waals surface area (Å²) in [4.78, 5) is 39.8. The van der Waals surface area contributed by atoms with Crippen LogP contribution < -0.4 is 5.32 Å². The van der Waals surface area contributed by atoms with Crippen LogP contribution in [-0.2, 0) is 9.59 Å². The Morgan fingerprint density at radius 1 is 1.16 bits per heavy atom. The molecule has 8 nitrogen and oxygen atoms in total. The Hall–Kier alpha value is -1.90. The summed E-state index contributed by atoms with van der Waals surface area (Å²) in [5, 5.41) is 9.72. The Bertz CT molecular complexity index is 690. The van der Waals surface area contributed by atoms with E-state index in [1.165, 1.54) is 4.90 Å². The fraction of sp³-hybridized carbons (Fsp3) is 0.625. The third-order valence-corrected chi connectivity index (χ3v) is 5.28. The van der Waals surface area contributed by atoms with Crippen molar-refractivity contribution in [2.75, 3.05) is 26.2 Å². The lowest BCUT2D eigenvalue weighted by Crippen LogP contribution is -2.54. The van der Waals surface area contributed by atoms with Gasteiger partial charge in [-0.2, -0.15) is 5.10 Å². The third-order valence-electron chi connectivity index (χ3n) is 4.47. The van der Waals surface area contributed by atoms with E-state index >= 15 is 0 Å². The molecule has 0 spiro atoms. The molecule has 0 atom stereocenters. The fourth-order valence-corrected chi connectivity index (χ4v) is 3.55. The lowest BCUT2D eigenvalue weighted by atomic mass is 10.1. The second-order valence-electron chi connectivity index (χ2n) is 6.79. The Labute approximate surface area is 154 Å². The van der Waals surface area contributed by atoms with Gasteiger partial charge in [0.05, 0.1) is 10.2 Å². The second-order valence-corrected chi connectivity index (χ2v) is 7.58. The molecular weight excluding hydrogens is 390 g/mol. The van der Waals surface area contributed by atoms with E-state index in [1.807, 2.05) is 13.8 Å². The number of H-pyrrole nitrogens is 1. The lowest BCUT2D eigenvalue weighted by Gasteiger charge is -2.34. The molecule has 1 aromatic heterocycles. The molecule has 2 fully saturated rings. The number of carbonyl (C=O) groups is 3. The Balaban J connectivity index is 1.57. The van der Waals surface area contributed by atoms with Gasteiger partial charge < -0.3 is 15.1 Å². The number of piperazine rings is 1. The highest BCUT2D eigenvalue weighted by Crippen LogP contribution is 2.26. The molecule has 9 heteroatoms. The van der Waals surface area contributed by atoms with E-state index in [-0.39, 0.29) is 17.9 Å². The number of halogens is 1. The van der Waals surface area contributed by atoms with Crippen molar-refractivity contribution in [1.29, 1.82) is 0 Å². The van der Waals surface area contributed by atoms with Gasteiger partial charge in [0, 0.05) is 32.2 Å². The highest BCUT2D eigenvalue weighted by Gasteiger charge is 2.32. The van der Waals surface area contributed by atoms with Gasteiger partial charge in [0.1, 0.15) is 0 Å². The molecule has 0 aromatic carbocycles. The number of aromatic amines is 1. The van der Waals surface area contributed by atoms with Crippen LogP contribution in [-0.4, -0.2) is 69.9 Å². The Kier molecular flexibility index (Phi) is 5.12. The van der Waals surface area contributed by atoms with Crippen LogP contribution in [0, 0.1) is 0 Å². The predicted molar refractivity (Wildman–Crippen MR) is 94.0 cm³/mol. The van der Waals surface area contributed by atoms with Crippen molar-refractivity contribution < 1.29 is 14.4 Å². The molecule has 0 unspecified atom stereocenters. The number of hydrogen-bond acceptors (Lipinski definition) is 4. The smallest absolute Gasteiger partial charge is 0.312 e. The molecular formula is C16H22BrN5O3. The van der Waals surface area contributed by atoms with Gasteiger partial charge in [-0.1, -0.05) is 13.8 Å². The number of nitrogens with one attached hydrogen (secondary N) is 2. The van der Waals surface area contributed by atoms with Crippen molar-refractivity contribution in [2.24, 2.45) is 0 Å². The number of nitrogens with zero attached hydrogens (tertiary/aromatic N) is 3. The quantitative estimate of drug-likeness (QED) is 0.720. The number of rotatable bonds is 3. The van der Waals surface area contributed by atoms with E-state index < -0.39 is 11.8 Å². The minimum Gasteiger partial charge on any atom is -0.345 e. The van der Waals surface area contributed by atoms with Crippen LogP contribution >= 0.6 is 15.9 Å². The first-order chi connectivity index (χ1) is 11.9. The number of hydrogen-bond donors (Lipinski definition) is 2. The van der Waals surface area contributed by atoms with Crippen LogP contribution in [0.15, 0.2) is 4.47 Å². The molecule has 1 aromatic rings. The number of carbonyl (C=O) groups excluding carboxylic acids is 3. The highest BCUT2D eigenvalue weighted by atomic mass is 79.9. The Morgan fingerprint density at radius 3 is 2.28 bits per heavy atom. The summed E-state index contributed by atoms with van der Waals surface area (Å²) in [5.74, 6) is -1.01. The molecule has 2 heterocycles. The summed E-state index contributed by atoms with van der Waals surface area (Å²) in [5.41, 5.74) is 1.24. The lowest BCUT2D eigenvalue weighted by molar-refractivity contribution is -0.146. The van der Waals surface area contributed by atoms with E-state index in [4.69, 9.17) is 0 Å². The number of aromatic nitrogens is 2. The van der Waals surface area contributed by atoms with Crippen LogP contribution in [0.3, 0.4) is 0 Å². The molecule has 136 valence electrons. The molecule has 1 aliphatic carbocycles. The average molecular weight is 412 g/mol. The van der Waals surface area contributed by atoms with Crippen LogP contribution in [0.4, 0.5) is 0 Å². The average Bonchev–Trinajstić information content (AvgIpc) is 3.32. The summed E-state index contributed by atoms with van der Waals surface area (Å²) in [6, 6.07) is 0.159. The molecule has 3 amide bonds. The molecule has 0 radical (unpaired) electrons. The molecule has 2 aliphatic rings. The largest absolute Gasteiger partial charge is 0.345 e. The van der Waals surface area contributed by atoms with Crippen LogP contribution in [0.1, 0.15) is 48.8 Å². The zero-order chi connectivity index (χ0) is 18.1. The summed E-state index contributed by atoms with van der Waals surface area (Å²) < 4.78 is 0.690. The normalized spacial score (nSPS) is 17.8. The first-order valence-corrected chi connectivity index (χ1v) is 9.30. The van der Waals surface area contributed by atoms with Crippen LogP contribution in [0.2, 0.25) is 0 Å². The molecule has 1 aliphatic heterocycles. The Morgan fingerprint density at radius 2 is 1.76 bits per heavy atom. The van der Waals surface area contributed by atoms with E-state index in [9.17, 15) is 14.4 Å². The monoisotopic (exact) mass is 411 g/mol. The molecule has 0 bridgehead atoms. The van der Waals surface area contributed by atoms with Gasteiger partial charge in [0.2, 0.25) is 0 Å². The topological polar surface area (TPSA) is 98.4 Å². The van der Waals surface area contributed by atoms with Gasteiger partial charge in [-0.15, -0.1) is 0 Å². The summed E-state index contributed by atoms with van der Waals surface area (Å²) in [6.45, 7) is 5.51.